The number of likely N-dealkylation sites (tertiary alicyclic amines) is 2. The van der Waals surface area contributed by atoms with Gasteiger partial charge in [-0.05, 0) is 76.9 Å². The van der Waals surface area contributed by atoms with E-state index in [0.717, 1.165) is 51.0 Å². The maximum Gasteiger partial charge on any atom is 0.193 e. The summed E-state index contributed by atoms with van der Waals surface area (Å²) >= 11 is 0. The van der Waals surface area contributed by atoms with Gasteiger partial charge in [-0.2, -0.15) is 0 Å². The molecule has 3 rings (SSSR count). The van der Waals surface area contributed by atoms with Crippen molar-refractivity contribution in [1.29, 1.82) is 0 Å². The lowest BCUT2D eigenvalue weighted by Gasteiger charge is -2.34. The highest BCUT2D eigenvalue weighted by atomic mass is 127. The maximum atomic E-state index is 6.21. The summed E-state index contributed by atoms with van der Waals surface area (Å²) in [6.45, 7) is 8.13. The molecule has 0 radical (unpaired) electrons. The van der Waals surface area contributed by atoms with E-state index in [0.29, 0.717) is 6.10 Å². The van der Waals surface area contributed by atoms with Gasteiger partial charge in [0.2, 0.25) is 0 Å². The van der Waals surface area contributed by atoms with Crippen molar-refractivity contribution < 1.29 is 4.74 Å². The summed E-state index contributed by atoms with van der Waals surface area (Å²) in [7, 11) is 1.92. The van der Waals surface area contributed by atoms with Gasteiger partial charge in [0, 0.05) is 33.3 Å². The first-order valence-electron chi connectivity index (χ1n) is 12.1. The van der Waals surface area contributed by atoms with Crippen molar-refractivity contribution in [2.45, 2.75) is 83.2 Å². The van der Waals surface area contributed by atoms with Crippen molar-refractivity contribution >= 4 is 29.9 Å². The number of nitrogens with zero attached hydrogens (tertiary/aromatic N) is 3. The van der Waals surface area contributed by atoms with Crippen molar-refractivity contribution in [3.63, 3.8) is 0 Å². The topological polar surface area (TPSA) is 40.1 Å². The quantitative estimate of drug-likeness (QED) is 0.210. The Hall–Kier alpha value is -0.0800. The van der Waals surface area contributed by atoms with Crippen LogP contribution in [-0.2, 0) is 4.74 Å². The summed E-state index contributed by atoms with van der Waals surface area (Å²) in [6, 6.07) is 0. The number of aliphatic imine (C=N–C) groups is 1. The third-order valence-corrected chi connectivity index (χ3v) is 6.88. The molecule has 2 aliphatic heterocycles. The predicted molar refractivity (Wildman–Crippen MR) is 133 cm³/mol. The highest BCUT2D eigenvalue weighted by Crippen LogP contribution is 2.26. The molecular weight excluding hydrogens is 475 g/mol. The van der Waals surface area contributed by atoms with Crippen LogP contribution in [-0.4, -0.2) is 74.8 Å². The first-order chi connectivity index (χ1) is 13.8. The molecule has 0 unspecified atom stereocenters. The van der Waals surface area contributed by atoms with E-state index in [4.69, 9.17) is 4.74 Å². The molecule has 0 amide bonds. The van der Waals surface area contributed by atoms with Crippen LogP contribution in [0.1, 0.15) is 77.0 Å². The van der Waals surface area contributed by atoms with Crippen LogP contribution in [0.15, 0.2) is 4.99 Å². The predicted octanol–water partition coefficient (Wildman–Crippen LogP) is 4.51. The second kappa shape index (κ2) is 14.8. The molecule has 0 bridgehead atoms. The summed E-state index contributed by atoms with van der Waals surface area (Å²) < 4.78 is 6.21. The highest BCUT2D eigenvalue weighted by Gasteiger charge is 2.23. The number of hydrogen-bond acceptors (Lipinski definition) is 3. The number of halogens is 1. The summed E-state index contributed by atoms with van der Waals surface area (Å²) in [5.41, 5.74) is 0. The smallest absolute Gasteiger partial charge is 0.193 e. The lowest BCUT2D eigenvalue weighted by atomic mass is 10.1. The van der Waals surface area contributed by atoms with Gasteiger partial charge in [0.15, 0.2) is 5.96 Å². The Bertz CT molecular complexity index is 442. The molecule has 170 valence electrons. The van der Waals surface area contributed by atoms with Crippen molar-refractivity contribution in [3.05, 3.63) is 0 Å². The van der Waals surface area contributed by atoms with Crippen molar-refractivity contribution in [2.24, 2.45) is 10.9 Å². The van der Waals surface area contributed by atoms with Gasteiger partial charge in [0.25, 0.3) is 0 Å². The zero-order valence-electron chi connectivity index (χ0n) is 18.7. The fourth-order valence-electron chi connectivity index (χ4n) is 5.04. The number of ether oxygens (including phenoxy) is 1. The Labute approximate surface area is 196 Å². The number of unbranched alkanes of at least 4 members (excludes halogenated alkanes) is 2. The van der Waals surface area contributed by atoms with Crippen molar-refractivity contribution in [3.8, 4) is 0 Å². The van der Waals surface area contributed by atoms with Crippen molar-refractivity contribution in [2.75, 3.05) is 52.9 Å². The standard InChI is InChI=1S/C23H44N4O.HI/c1-24-23(25-14-6-2-7-15-26-16-8-3-9-17-26)27-18-12-22(13-19-27)28-20-21-10-4-5-11-21;/h21-22H,2-20H2,1H3,(H,24,25);1H. The molecule has 0 atom stereocenters. The van der Waals surface area contributed by atoms with Gasteiger partial charge < -0.3 is 19.9 Å². The lowest BCUT2D eigenvalue weighted by Crippen LogP contribution is -2.47. The molecule has 2 saturated heterocycles. The molecule has 0 aromatic heterocycles. The average Bonchev–Trinajstić information content (AvgIpc) is 3.27. The Kier molecular flexibility index (Phi) is 12.9. The summed E-state index contributed by atoms with van der Waals surface area (Å²) in [6.07, 6.45) is 16.5. The Morgan fingerprint density at radius 2 is 1.62 bits per heavy atom. The van der Waals surface area contributed by atoms with Crippen LogP contribution in [0.4, 0.5) is 0 Å². The SMILES string of the molecule is CN=C(NCCCCCN1CCCCC1)N1CCC(OCC2CCCC2)CC1.I. The lowest BCUT2D eigenvalue weighted by molar-refractivity contribution is 0.00102. The molecule has 0 spiro atoms. The molecule has 1 N–H and O–H groups in total. The molecule has 29 heavy (non-hydrogen) atoms. The number of hydrogen-bond donors (Lipinski definition) is 1. The third kappa shape index (κ3) is 9.30. The van der Waals surface area contributed by atoms with Gasteiger partial charge in [-0.15, -0.1) is 24.0 Å². The molecule has 0 aromatic rings. The molecule has 3 fully saturated rings. The minimum atomic E-state index is 0. The Morgan fingerprint density at radius 1 is 0.897 bits per heavy atom. The van der Waals surface area contributed by atoms with Crippen LogP contribution < -0.4 is 5.32 Å². The van der Waals surface area contributed by atoms with Gasteiger partial charge in [0.1, 0.15) is 0 Å². The van der Waals surface area contributed by atoms with E-state index in [1.54, 1.807) is 0 Å². The minimum absolute atomic E-state index is 0. The number of piperidine rings is 2. The van der Waals surface area contributed by atoms with E-state index >= 15 is 0 Å². The van der Waals surface area contributed by atoms with E-state index in [1.807, 2.05) is 7.05 Å². The highest BCUT2D eigenvalue weighted by molar-refractivity contribution is 14.0. The molecule has 1 saturated carbocycles. The van der Waals surface area contributed by atoms with E-state index in [-0.39, 0.29) is 24.0 Å². The molecule has 1 aliphatic carbocycles. The monoisotopic (exact) mass is 520 g/mol. The Morgan fingerprint density at radius 3 is 2.31 bits per heavy atom. The number of guanidine groups is 1. The van der Waals surface area contributed by atoms with Crippen LogP contribution in [0.5, 0.6) is 0 Å². The van der Waals surface area contributed by atoms with Gasteiger partial charge >= 0.3 is 0 Å². The van der Waals surface area contributed by atoms with E-state index in [9.17, 15) is 0 Å². The zero-order valence-corrected chi connectivity index (χ0v) is 21.1. The molecule has 5 nitrogen and oxygen atoms in total. The normalized spacial score (nSPS) is 22.7. The number of rotatable bonds is 9. The second-order valence-corrected chi connectivity index (χ2v) is 9.11. The van der Waals surface area contributed by atoms with Crippen LogP contribution in [0.2, 0.25) is 0 Å². The molecular formula is C23H45IN4O. The van der Waals surface area contributed by atoms with Crippen LogP contribution >= 0.6 is 24.0 Å². The molecule has 0 aromatic carbocycles. The number of nitrogens with one attached hydrogen (secondary N) is 1. The van der Waals surface area contributed by atoms with E-state index in [1.165, 1.54) is 83.8 Å². The fraction of sp³-hybridized carbons (Fsp3) is 0.957. The van der Waals surface area contributed by atoms with Crippen molar-refractivity contribution in [1.82, 2.24) is 15.1 Å². The van der Waals surface area contributed by atoms with E-state index in [2.05, 4.69) is 20.1 Å². The summed E-state index contributed by atoms with van der Waals surface area (Å²) in [4.78, 5) is 9.59. The minimum Gasteiger partial charge on any atom is -0.378 e. The van der Waals surface area contributed by atoms with Gasteiger partial charge in [-0.1, -0.05) is 25.7 Å². The van der Waals surface area contributed by atoms with Gasteiger partial charge in [-0.25, -0.2) is 0 Å². The van der Waals surface area contributed by atoms with Gasteiger partial charge in [-0.3, -0.25) is 4.99 Å². The van der Waals surface area contributed by atoms with Crippen LogP contribution in [0.3, 0.4) is 0 Å². The Balaban J connectivity index is 0.00000300. The zero-order chi connectivity index (χ0) is 19.4. The summed E-state index contributed by atoms with van der Waals surface area (Å²) in [5, 5.41) is 3.59. The first-order valence-corrected chi connectivity index (χ1v) is 12.1. The molecule has 3 aliphatic rings. The van der Waals surface area contributed by atoms with Crippen LogP contribution in [0.25, 0.3) is 0 Å². The third-order valence-electron chi connectivity index (χ3n) is 6.88. The molecule has 2 heterocycles. The van der Waals surface area contributed by atoms with Gasteiger partial charge in [0.05, 0.1) is 6.10 Å². The fourth-order valence-corrected chi connectivity index (χ4v) is 5.04. The second-order valence-electron chi connectivity index (χ2n) is 9.11. The molecule has 6 heteroatoms. The van der Waals surface area contributed by atoms with E-state index < -0.39 is 0 Å². The summed E-state index contributed by atoms with van der Waals surface area (Å²) in [5.74, 6) is 1.92. The first kappa shape index (κ1) is 25.2. The average molecular weight is 521 g/mol. The maximum absolute atomic E-state index is 6.21. The van der Waals surface area contributed by atoms with Crippen LogP contribution in [0, 0.1) is 5.92 Å². The largest absolute Gasteiger partial charge is 0.378 e.